The highest BCUT2D eigenvalue weighted by atomic mass is 16.8. The molecule has 3 rings (SSSR count). The van der Waals surface area contributed by atoms with E-state index in [0.29, 0.717) is 6.54 Å². The highest BCUT2D eigenvalue weighted by Gasteiger charge is 2.55. The summed E-state index contributed by atoms with van der Waals surface area (Å²) in [6.07, 6.45) is 0.757. The SMILES string of the molecule is CO[C@@H]1O[C@H](C=NCc2ccccc2)[C@H]2OC(C)(C)O[C@@H]12. The monoisotopic (exact) mass is 291 g/mol. The van der Waals surface area contributed by atoms with E-state index in [9.17, 15) is 0 Å². The predicted octanol–water partition coefficient (Wildman–Crippen LogP) is 2.15. The molecule has 5 nitrogen and oxygen atoms in total. The Balaban J connectivity index is 1.65. The van der Waals surface area contributed by atoms with E-state index in [-0.39, 0.29) is 18.3 Å². The Morgan fingerprint density at radius 2 is 1.90 bits per heavy atom. The van der Waals surface area contributed by atoms with Gasteiger partial charge in [0.05, 0.1) is 6.54 Å². The summed E-state index contributed by atoms with van der Waals surface area (Å²) < 4.78 is 22.9. The van der Waals surface area contributed by atoms with Crippen molar-refractivity contribution in [1.82, 2.24) is 0 Å². The molecule has 1 aromatic rings. The van der Waals surface area contributed by atoms with E-state index in [4.69, 9.17) is 18.9 Å². The smallest absolute Gasteiger partial charge is 0.187 e. The minimum atomic E-state index is -0.610. The summed E-state index contributed by atoms with van der Waals surface area (Å²) >= 11 is 0. The van der Waals surface area contributed by atoms with Crippen molar-refractivity contribution in [3.05, 3.63) is 35.9 Å². The molecule has 0 N–H and O–H groups in total. The Morgan fingerprint density at radius 1 is 1.19 bits per heavy atom. The Kier molecular flexibility index (Phi) is 4.08. The number of benzene rings is 1. The number of fused-ring (bicyclic) bond motifs is 1. The first-order valence-corrected chi connectivity index (χ1v) is 7.17. The highest BCUT2D eigenvalue weighted by molar-refractivity contribution is 5.65. The fourth-order valence-corrected chi connectivity index (χ4v) is 2.75. The third-order valence-corrected chi connectivity index (χ3v) is 3.65. The number of rotatable bonds is 4. The second-order valence-electron chi connectivity index (χ2n) is 5.74. The first kappa shape index (κ1) is 14.7. The molecule has 0 unspecified atom stereocenters. The van der Waals surface area contributed by atoms with Gasteiger partial charge in [-0.15, -0.1) is 0 Å². The van der Waals surface area contributed by atoms with Gasteiger partial charge < -0.3 is 18.9 Å². The molecule has 2 saturated heterocycles. The average Bonchev–Trinajstić information content (AvgIpc) is 2.94. The van der Waals surface area contributed by atoms with Gasteiger partial charge in [0.15, 0.2) is 12.1 Å². The molecule has 114 valence electrons. The van der Waals surface area contributed by atoms with E-state index in [1.165, 1.54) is 0 Å². The molecule has 5 heteroatoms. The Bertz CT molecular complexity index is 502. The zero-order chi connectivity index (χ0) is 14.9. The van der Waals surface area contributed by atoms with Crippen LogP contribution in [0.3, 0.4) is 0 Å². The second kappa shape index (κ2) is 5.85. The number of hydrogen-bond acceptors (Lipinski definition) is 5. The predicted molar refractivity (Wildman–Crippen MR) is 78.1 cm³/mol. The fourth-order valence-electron chi connectivity index (χ4n) is 2.75. The molecular formula is C16H21NO4. The Labute approximate surface area is 124 Å². The molecule has 0 amide bonds. The molecule has 2 fully saturated rings. The van der Waals surface area contributed by atoms with Crippen molar-refractivity contribution >= 4 is 6.21 Å². The zero-order valence-electron chi connectivity index (χ0n) is 12.6. The number of nitrogens with zero attached hydrogens (tertiary/aromatic N) is 1. The van der Waals surface area contributed by atoms with Gasteiger partial charge in [-0.25, -0.2) is 0 Å². The molecule has 4 atom stereocenters. The summed E-state index contributed by atoms with van der Waals surface area (Å²) in [5.41, 5.74) is 1.16. The van der Waals surface area contributed by atoms with Crippen molar-refractivity contribution in [2.45, 2.75) is 50.8 Å². The van der Waals surface area contributed by atoms with E-state index in [1.54, 1.807) is 13.3 Å². The maximum atomic E-state index is 5.90. The van der Waals surface area contributed by atoms with Crippen LogP contribution >= 0.6 is 0 Å². The summed E-state index contributed by atoms with van der Waals surface area (Å²) in [5.74, 6) is -0.610. The largest absolute Gasteiger partial charge is 0.353 e. The van der Waals surface area contributed by atoms with Crippen molar-refractivity contribution in [3.8, 4) is 0 Å². The van der Waals surface area contributed by atoms with Gasteiger partial charge in [-0.1, -0.05) is 30.3 Å². The molecule has 0 aliphatic carbocycles. The van der Waals surface area contributed by atoms with Crippen LogP contribution in [0, 0.1) is 0 Å². The van der Waals surface area contributed by atoms with Gasteiger partial charge in [0.2, 0.25) is 0 Å². The van der Waals surface area contributed by atoms with Crippen LogP contribution in [-0.4, -0.2) is 43.7 Å². The van der Waals surface area contributed by atoms with Gasteiger partial charge in [-0.05, 0) is 19.4 Å². The number of methoxy groups -OCH3 is 1. The van der Waals surface area contributed by atoms with E-state index < -0.39 is 12.1 Å². The molecule has 0 radical (unpaired) electrons. The lowest BCUT2D eigenvalue weighted by atomic mass is 10.1. The van der Waals surface area contributed by atoms with Crippen molar-refractivity contribution in [3.63, 3.8) is 0 Å². The van der Waals surface area contributed by atoms with Crippen LogP contribution < -0.4 is 0 Å². The third kappa shape index (κ3) is 3.16. The maximum absolute atomic E-state index is 5.90. The van der Waals surface area contributed by atoms with Crippen LogP contribution in [0.1, 0.15) is 19.4 Å². The van der Waals surface area contributed by atoms with E-state index in [1.807, 2.05) is 44.2 Å². The van der Waals surface area contributed by atoms with Crippen LogP contribution in [0.4, 0.5) is 0 Å². The van der Waals surface area contributed by atoms with Gasteiger partial charge in [0, 0.05) is 13.3 Å². The molecular weight excluding hydrogens is 270 g/mol. The molecule has 2 aliphatic rings. The maximum Gasteiger partial charge on any atom is 0.187 e. The molecule has 0 bridgehead atoms. The van der Waals surface area contributed by atoms with E-state index in [0.717, 1.165) is 5.56 Å². The third-order valence-electron chi connectivity index (χ3n) is 3.65. The Hall–Kier alpha value is -1.27. The van der Waals surface area contributed by atoms with Gasteiger partial charge in [-0.2, -0.15) is 0 Å². The lowest BCUT2D eigenvalue weighted by Gasteiger charge is -2.22. The summed E-state index contributed by atoms with van der Waals surface area (Å²) in [6, 6.07) is 10.1. The summed E-state index contributed by atoms with van der Waals surface area (Å²) in [5, 5.41) is 0. The fraction of sp³-hybridized carbons (Fsp3) is 0.562. The quantitative estimate of drug-likeness (QED) is 0.798. The van der Waals surface area contributed by atoms with E-state index in [2.05, 4.69) is 4.99 Å². The molecule has 0 aromatic heterocycles. The van der Waals surface area contributed by atoms with Crippen LogP contribution in [-0.2, 0) is 25.5 Å². The number of aliphatic imine (C=N–C) groups is 1. The minimum Gasteiger partial charge on any atom is -0.353 e. The summed E-state index contributed by atoms with van der Waals surface area (Å²) in [4.78, 5) is 4.46. The number of hydrogen-bond donors (Lipinski definition) is 0. The molecule has 2 aliphatic heterocycles. The van der Waals surface area contributed by atoms with Crippen molar-refractivity contribution in [2.24, 2.45) is 4.99 Å². The first-order valence-electron chi connectivity index (χ1n) is 7.17. The number of ether oxygens (including phenoxy) is 4. The van der Waals surface area contributed by atoms with Crippen LogP contribution in [0.2, 0.25) is 0 Å². The van der Waals surface area contributed by atoms with Gasteiger partial charge in [0.25, 0.3) is 0 Å². The molecule has 21 heavy (non-hydrogen) atoms. The average molecular weight is 291 g/mol. The van der Waals surface area contributed by atoms with Gasteiger partial charge >= 0.3 is 0 Å². The second-order valence-corrected chi connectivity index (χ2v) is 5.74. The van der Waals surface area contributed by atoms with Gasteiger partial charge in [0.1, 0.15) is 18.3 Å². The normalized spacial score (nSPS) is 34.4. The molecule has 0 saturated carbocycles. The van der Waals surface area contributed by atoms with Gasteiger partial charge in [-0.3, -0.25) is 4.99 Å². The van der Waals surface area contributed by atoms with Crippen molar-refractivity contribution < 1.29 is 18.9 Å². The highest BCUT2D eigenvalue weighted by Crippen LogP contribution is 2.38. The topological polar surface area (TPSA) is 49.3 Å². The van der Waals surface area contributed by atoms with Crippen LogP contribution in [0.5, 0.6) is 0 Å². The van der Waals surface area contributed by atoms with Crippen LogP contribution in [0.15, 0.2) is 35.3 Å². The van der Waals surface area contributed by atoms with Crippen molar-refractivity contribution in [1.29, 1.82) is 0 Å². The lowest BCUT2D eigenvalue weighted by molar-refractivity contribution is -0.218. The molecule has 2 heterocycles. The van der Waals surface area contributed by atoms with Crippen molar-refractivity contribution in [2.75, 3.05) is 7.11 Å². The zero-order valence-corrected chi connectivity index (χ0v) is 12.6. The summed E-state index contributed by atoms with van der Waals surface area (Å²) in [6.45, 7) is 4.42. The first-order chi connectivity index (χ1) is 10.1. The van der Waals surface area contributed by atoms with E-state index >= 15 is 0 Å². The summed E-state index contributed by atoms with van der Waals surface area (Å²) in [7, 11) is 1.61. The Morgan fingerprint density at radius 3 is 2.62 bits per heavy atom. The minimum absolute atomic E-state index is 0.176. The lowest BCUT2D eigenvalue weighted by Crippen LogP contribution is -2.30. The molecule has 0 spiro atoms. The standard InChI is InChI=1S/C16H21NO4/c1-16(2)20-13-12(19-15(18-3)14(13)21-16)10-17-9-11-7-5-4-6-8-11/h4-8,10,12-15H,9H2,1-3H3/t12-,13-,14-,15-/m1/s1. The molecule has 1 aromatic carbocycles. The van der Waals surface area contributed by atoms with Crippen LogP contribution in [0.25, 0.3) is 0 Å².